The number of aryl methyl sites for hydroxylation is 1. The highest BCUT2D eigenvalue weighted by Gasteiger charge is 2.31. The van der Waals surface area contributed by atoms with Crippen molar-refractivity contribution < 1.29 is 4.39 Å². The largest absolute Gasteiger partial charge is 0.325 e. The molecule has 0 bridgehead atoms. The Balaban J connectivity index is 1.71. The minimum atomic E-state index is -1.17. The molecule has 0 amide bonds. The van der Waals surface area contributed by atoms with Crippen molar-refractivity contribution in [2.24, 2.45) is 4.99 Å². The third-order valence-corrected chi connectivity index (χ3v) is 5.23. The lowest BCUT2D eigenvalue weighted by Crippen LogP contribution is -2.41. The number of nitrogens with zero attached hydrogens (tertiary/aromatic N) is 1. The molecule has 6 heteroatoms. The summed E-state index contributed by atoms with van der Waals surface area (Å²) in [5.41, 5.74) is 2.40. The second kappa shape index (κ2) is 5.85. The van der Waals surface area contributed by atoms with Gasteiger partial charge in [0.1, 0.15) is 5.67 Å². The minimum absolute atomic E-state index is 0.213. The van der Waals surface area contributed by atoms with E-state index in [1.807, 2.05) is 0 Å². The van der Waals surface area contributed by atoms with Gasteiger partial charge >= 0.3 is 0 Å². The van der Waals surface area contributed by atoms with E-state index in [-0.39, 0.29) is 6.54 Å². The Labute approximate surface area is 129 Å². The van der Waals surface area contributed by atoms with E-state index in [0.29, 0.717) is 18.8 Å². The van der Waals surface area contributed by atoms with Gasteiger partial charge in [-0.1, -0.05) is 6.07 Å². The van der Waals surface area contributed by atoms with Gasteiger partial charge in [0.25, 0.3) is 0 Å². The van der Waals surface area contributed by atoms with Crippen LogP contribution in [0.25, 0.3) is 0 Å². The first-order chi connectivity index (χ1) is 10.1. The summed E-state index contributed by atoms with van der Waals surface area (Å²) in [7, 11) is 0. The maximum absolute atomic E-state index is 14.5. The predicted molar refractivity (Wildman–Crippen MR) is 86.8 cm³/mol. The van der Waals surface area contributed by atoms with Gasteiger partial charge in [0, 0.05) is 0 Å². The molecule has 2 aliphatic rings. The van der Waals surface area contributed by atoms with E-state index in [4.69, 9.17) is 0 Å². The highest BCUT2D eigenvalue weighted by atomic mass is 32.2. The first-order valence-electron chi connectivity index (χ1n) is 7.32. The number of nitrogens with one attached hydrogen (secondary N) is 3. The van der Waals surface area contributed by atoms with Crippen LogP contribution in [0.2, 0.25) is 0 Å². The van der Waals surface area contributed by atoms with Gasteiger partial charge in [0.15, 0.2) is 0 Å². The molecule has 3 rings (SSSR count). The number of guanidine groups is 1. The molecular weight excluding hydrogens is 287 g/mol. The van der Waals surface area contributed by atoms with Crippen molar-refractivity contribution in [3.63, 3.8) is 0 Å². The zero-order chi connectivity index (χ0) is 14.9. The average molecular weight is 308 g/mol. The third-order valence-electron chi connectivity index (χ3n) is 4.20. The zero-order valence-electron chi connectivity index (χ0n) is 12.4. The van der Waals surface area contributed by atoms with Crippen LogP contribution >= 0.6 is 11.9 Å². The molecule has 0 atom stereocenters. The Hall–Kier alpha value is -1.27. The van der Waals surface area contributed by atoms with E-state index < -0.39 is 5.67 Å². The summed E-state index contributed by atoms with van der Waals surface area (Å²) >= 11 is 1.55. The van der Waals surface area contributed by atoms with Crippen molar-refractivity contribution in [1.29, 1.82) is 0 Å². The van der Waals surface area contributed by atoms with Crippen LogP contribution in [0.1, 0.15) is 24.0 Å². The van der Waals surface area contributed by atoms with Gasteiger partial charge in [0.05, 0.1) is 17.1 Å². The Bertz CT molecular complexity index is 567. The van der Waals surface area contributed by atoms with E-state index in [1.54, 1.807) is 11.9 Å². The van der Waals surface area contributed by atoms with Gasteiger partial charge in [-0.15, -0.1) is 0 Å². The average Bonchev–Trinajstić information content (AvgIpc) is 2.50. The molecule has 0 spiro atoms. The third kappa shape index (κ3) is 3.16. The van der Waals surface area contributed by atoms with E-state index in [0.717, 1.165) is 18.8 Å². The van der Waals surface area contributed by atoms with Crippen LogP contribution in [0.3, 0.4) is 0 Å². The highest BCUT2D eigenvalue weighted by Crippen LogP contribution is 2.33. The summed E-state index contributed by atoms with van der Waals surface area (Å²) < 4.78 is 17.7. The molecule has 0 radical (unpaired) electrons. The van der Waals surface area contributed by atoms with Crippen LogP contribution in [0.4, 0.5) is 10.1 Å². The number of hydrogen-bond acceptors (Lipinski definition) is 3. The van der Waals surface area contributed by atoms with Crippen LogP contribution in [-0.4, -0.2) is 31.3 Å². The number of alkyl halides is 1. The summed E-state index contributed by atoms with van der Waals surface area (Å²) in [6.45, 7) is 5.89. The number of anilines is 1. The summed E-state index contributed by atoms with van der Waals surface area (Å²) in [6, 6.07) is 4.14. The molecule has 1 aromatic carbocycles. The number of rotatable bonds is 2. The monoisotopic (exact) mass is 308 g/mol. The number of hydrogen-bond donors (Lipinski definition) is 3. The van der Waals surface area contributed by atoms with Crippen LogP contribution in [0.5, 0.6) is 0 Å². The van der Waals surface area contributed by atoms with Gasteiger partial charge in [-0.3, -0.25) is 4.72 Å². The fraction of sp³-hybridized carbons (Fsp3) is 0.533. The number of piperidine rings is 1. The molecular formula is C15H21FN4S. The van der Waals surface area contributed by atoms with Crippen molar-refractivity contribution in [2.75, 3.05) is 25.0 Å². The Morgan fingerprint density at radius 2 is 2.05 bits per heavy atom. The van der Waals surface area contributed by atoms with Crippen molar-refractivity contribution in [3.8, 4) is 0 Å². The summed E-state index contributed by atoms with van der Waals surface area (Å²) in [6.07, 6.45) is 1.07. The fourth-order valence-electron chi connectivity index (χ4n) is 2.60. The quantitative estimate of drug-likeness (QED) is 0.735. The van der Waals surface area contributed by atoms with Crippen molar-refractivity contribution in [1.82, 2.24) is 10.0 Å². The summed E-state index contributed by atoms with van der Waals surface area (Å²) in [4.78, 5) is 5.59. The van der Waals surface area contributed by atoms with E-state index in [9.17, 15) is 4.39 Å². The number of halogens is 1. The molecule has 2 aliphatic heterocycles. The molecule has 0 aliphatic carbocycles. The van der Waals surface area contributed by atoms with Crippen LogP contribution in [-0.2, 0) is 0 Å². The number of benzene rings is 1. The Morgan fingerprint density at radius 3 is 2.81 bits per heavy atom. The number of aliphatic imine (C=N–C) groups is 1. The SMILES string of the molecule is Cc1ccc2c(c1C)SNC(=NCC1(F)CCNCC1)N2. The fourth-order valence-corrected chi connectivity index (χ4v) is 3.46. The Morgan fingerprint density at radius 1 is 1.29 bits per heavy atom. The molecule has 1 fully saturated rings. The van der Waals surface area contributed by atoms with Gasteiger partial charge in [-0.05, 0) is 68.9 Å². The van der Waals surface area contributed by atoms with E-state index >= 15 is 0 Å². The number of fused-ring (bicyclic) bond motifs is 1. The lowest BCUT2D eigenvalue weighted by atomic mass is 9.95. The van der Waals surface area contributed by atoms with Crippen LogP contribution in [0, 0.1) is 13.8 Å². The molecule has 2 heterocycles. The maximum Gasteiger partial charge on any atom is 0.206 e. The van der Waals surface area contributed by atoms with Gasteiger partial charge in [0.2, 0.25) is 5.96 Å². The second-order valence-electron chi connectivity index (χ2n) is 5.78. The molecule has 0 saturated carbocycles. The van der Waals surface area contributed by atoms with Crippen molar-refractivity contribution in [2.45, 2.75) is 37.3 Å². The second-order valence-corrected chi connectivity index (χ2v) is 6.60. The lowest BCUT2D eigenvalue weighted by molar-refractivity contribution is 0.126. The molecule has 21 heavy (non-hydrogen) atoms. The van der Waals surface area contributed by atoms with Crippen molar-refractivity contribution >= 4 is 23.6 Å². The molecule has 1 saturated heterocycles. The van der Waals surface area contributed by atoms with Gasteiger partial charge in [-0.25, -0.2) is 9.38 Å². The molecule has 0 unspecified atom stereocenters. The highest BCUT2D eigenvalue weighted by molar-refractivity contribution is 7.98. The van der Waals surface area contributed by atoms with Gasteiger partial charge in [-0.2, -0.15) is 0 Å². The van der Waals surface area contributed by atoms with Crippen molar-refractivity contribution in [3.05, 3.63) is 23.3 Å². The smallest absolute Gasteiger partial charge is 0.206 e. The summed E-state index contributed by atoms with van der Waals surface area (Å²) in [5.74, 6) is 0.645. The summed E-state index contributed by atoms with van der Waals surface area (Å²) in [5, 5.41) is 6.44. The standard InChI is InChI=1S/C15H21FN4S/c1-10-3-4-12-13(11(10)2)21-20-14(19-12)18-9-15(16)5-7-17-8-6-15/h3-4,17H,5-9H2,1-2H3,(H2,18,19,20). The maximum atomic E-state index is 14.5. The minimum Gasteiger partial charge on any atom is -0.325 e. The normalized spacial score (nSPS) is 22.3. The van der Waals surface area contributed by atoms with Gasteiger partial charge < -0.3 is 10.6 Å². The molecule has 4 nitrogen and oxygen atoms in total. The lowest BCUT2D eigenvalue weighted by Gasteiger charge is -2.29. The van der Waals surface area contributed by atoms with E-state index in [2.05, 4.69) is 46.3 Å². The molecule has 1 aromatic rings. The molecule has 0 aromatic heterocycles. The van der Waals surface area contributed by atoms with Crippen LogP contribution < -0.4 is 15.4 Å². The molecule has 114 valence electrons. The molecule has 3 N–H and O–H groups in total. The van der Waals surface area contributed by atoms with Crippen LogP contribution in [0.15, 0.2) is 22.0 Å². The zero-order valence-corrected chi connectivity index (χ0v) is 13.2. The predicted octanol–water partition coefficient (Wildman–Crippen LogP) is 2.77. The topological polar surface area (TPSA) is 48.5 Å². The first-order valence-corrected chi connectivity index (χ1v) is 8.13. The first kappa shape index (κ1) is 14.7. The Kier molecular flexibility index (Phi) is 4.08. The van der Waals surface area contributed by atoms with E-state index in [1.165, 1.54) is 16.0 Å².